The second-order valence-corrected chi connectivity index (χ2v) is 4.99. The first-order chi connectivity index (χ1) is 11.5. The fraction of sp³-hybridized carbons (Fsp3) is 0.312. The molecule has 0 saturated heterocycles. The van der Waals surface area contributed by atoms with E-state index in [9.17, 15) is 14.4 Å². The number of esters is 1. The van der Waals surface area contributed by atoms with Crippen molar-refractivity contribution in [2.24, 2.45) is 0 Å². The number of rotatable bonds is 7. The maximum atomic E-state index is 11.8. The molecule has 0 aliphatic heterocycles. The Morgan fingerprint density at radius 1 is 1.29 bits per heavy atom. The van der Waals surface area contributed by atoms with E-state index in [1.165, 1.54) is 19.1 Å². The number of amides is 1. The van der Waals surface area contributed by atoms with Gasteiger partial charge in [-0.25, -0.2) is 4.79 Å². The molecule has 0 radical (unpaired) electrons. The molecule has 1 aromatic carbocycles. The second kappa shape index (κ2) is 8.11. The van der Waals surface area contributed by atoms with Crippen LogP contribution in [-0.2, 0) is 14.3 Å². The minimum absolute atomic E-state index is 0.126. The van der Waals surface area contributed by atoms with E-state index in [1.807, 2.05) is 0 Å². The Morgan fingerprint density at radius 2 is 2.04 bits per heavy atom. The van der Waals surface area contributed by atoms with Crippen LogP contribution in [0.25, 0.3) is 11.0 Å². The highest BCUT2D eigenvalue weighted by Gasteiger charge is 2.13. The minimum atomic E-state index is -0.709. The lowest BCUT2D eigenvalue weighted by Crippen LogP contribution is -2.43. The summed E-state index contributed by atoms with van der Waals surface area (Å²) in [5.41, 5.74) is -0.128. The third-order valence-corrected chi connectivity index (χ3v) is 3.04. The Morgan fingerprint density at radius 3 is 2.75 bits per heavy atom. The van der Waals surface area contributed by atoms with E-state index in [4.69, 9.17) is 19.0 Å². The smallest absolute Gasteiger partial charge is 0.336 e. The Labute approximate surface area is 137 Å². The Bertz CT molecular complexity index is 783. The fourth-order valence-electron chi connectivity index (χ4n) is 1.91. The average Bonchev–Trinajstić information content (AvgIpc) is 2.56. The monoisotopic (exact) mass is 335 g/mol. The lowest BCUT2D eigenvalue weighted by molar-refractivity contribution is -0.142. The molecule has 0 aliphatic carbocycles. The maximum absolute atomic E-state index is 11.8. The van der Waals surface area contributed by atoms with Crippen LogP contribution >= 0.6 is 0 Å². The SMILES string of the molecule is CC(=O)OCC(CO)NC(=O)COc1ccc2ccc(=O)oc2c1. The normalized spacial score (nSPS) is 11.8. The zero-order valence-electron chi connectivity index (χ0n) is 13.0. The summed E-state index contributed by atoms with van der Waals surface area (Å²) in [6.07, 6.45) is 0. The molecule has 1 heterocycles. The minimum Gasteiger partial charge on any atom is -0.484 e. The molecule has 1 amide bonds. The summed E-state index contributed by atoms with van der Waals surface area (Å²) >= 11 is 0. The Hall–Kier alpha value is -2.87. The van der Waals surface area contributed by atoms with E-state index < -0.39 is 23.5 Å². The number of aliphatic hydroxyl groups excluding tert-OH is 1. The van der Waals surface area contributed by atoms with E-state index in [2.05, 4.69) is 5.32 Å². The molecule has 128 valence electrons. The maximum Gasteiger partial charge on any atom is 0.336 e. The largest absolute Gasteiger partial charge is 0.484 e. The number of benzene rings is 1. The van der Waals surface area contributed by atoms with Gasteiger partial charge in [0.25, 0.3) is 5.91 Å². The summed E-state index contributed by atoms with van der Waals surface area (Å²) < 4.78 is 15.1. The summed E-state index contributed by atoms with van der Waals surface area (Å²) in [7, 11) is 0. The van der Waals surface area contributed by atoms with Crippen LogP contribution in [0.15, 0.2) is 39.5 Å². The Balaban J connectivity index is 1.91. The van der Waals surface area contributed by atoms with Gasteiger partial charge < -0.3 is 24.3 Å². The molecule has 0 bridgehead atoms. The van der Waals surface area contributed by atoms with Crippen molar-refractivity contribution in [1.29, 1.82) is 0 Å². The quantitative estimate of drug-likeness (QED) is 0.549. The molecule has 0 aliphatic rings. The van der Waals surface area contributed by atoms with Crippen molar-refractivity contribution in [3.63, 3.8) is 0 Å². The van der Waals surface area contributed by atoms with Crippen molar-refractivity contribution in [3.8, 4) is 5.75 Å². The molecular weight excluding hydrogens is 318 g/mol. The first-order valence-electron chi connectivity index (χ1n) is 7.18. The molecule has 2 aromatic rings. The van der Waals surface area contributed by atoms with Crippen LogP contribution in [0.3, 0.4) is 0 Å². The van der Waals surface area contributed by atoms with Gasteiger partial charge in [-0.2, -0.15) is 0 Å². The van der Waals surface area contributed by atoms with Gasteiger partial charge in [0.05, 0.1) is 12.6 Å². The number of hydrogen-bond acceptors (Lipinski definition) is 7. The summed E-state index contributed by atoms with van der Waals surface area (Å²) in [6, 6.07) is 7.07. The lowest BCUT2D eigenvalue weighted by Gasteiger charge is -2.16. The average molecular weight is 335 g/mol. The predicted octanol–water partition coefficient (Wildman–Crippen LogP) is 0.212. The highest BCUT2D eigenvalue weighted by atomic mass is 16.5. The van der Waals surface area contributed by atoms with E-state index in [0.29, 0.717) is 11.3 Å². The number of aliphatic hydroxyl groups is 1. The van der Waals surface area contributed by atoms with Gasteiger partial charge in [0, 0.05) is 24.4 Å². The molecule has 0 saturated carbocycles. The van der Waals surface area contributed by atoms with Gasteiger partial charge in [0.2, 0.25) is 0 Å². The third-order valence-electron chi connectivity index (χ3n) is 3.04. The number of hydrogen-bond donors (Lipinski definition) is 2. The molecule has 24 heavy (non-hydrogen) atoms. The van der Waals surface area contributed by atoms with Crippen LogP contribution in [0.5, 0.6) is 5.75 Å². The highest BCUT2D eigenvalue weighted by Crippen LogP contribution is 2.19. The predicted molar refractivity (Wildman–Crippen MR) is 83.6 cm³/mol. The van der Waals surface area contributed by atoms with Crippen molar-refractivity contribution in [2.75, 3.05) is 19.8 Å². The van der Waals surface area contributed by atoms with Gasteiger partial charge in [0.1, 0.15) is 17.9 Å². The van der Waals surface area contributed by atoms with Crippen LogP contribution in [0, 0.1) is 0 Å². The van der Waals surface area contributed by atoms with Gasteiger partial charge in [0.15, 0.2) is 6.61 Å². The summed E-state index contributed by atoms with van der Waals surface area (Å²) in [6.45, 7) is 0.426. The Kier molecular flexibility index (Phi) is 5.91. The number of carbonyl (C=O) groups is 2. The highest BCUT2D eigenvalue weighted by molar-refractivity contribution is 5.79. The molecule has 1 unspecified atom stereocenters. The molecule has 8 nitrogen and oxygen atoms in total. The molecule has 2 N–H and O–H groups in total. The number of carbonyl (C=O) groups excluding carboxylic acids is 2. The first kappa shape index (κ1) is 17.5. The first-order valence-corrected chi connectivity index (χ1v) is 7.18. The van der Waals surface area contributed by atoms with Crippen molar-refractivity contribution >= 4 is 22.8 Å². The van der Waals surface area contributed by atoms with Gasteiger partial charge in [-0.1, -0.05) is 0 Å². The number of nitrogens with one attached hydrogen (secondary N) is 1. The molecule has 0 fully saturated rings. The van der Waals surface area contributed by atoms with Gasteiger partial charge >= 0.3 is 11.6 Å². The van der Waals surface area contributed by atoms with Gasteiger partial charge in [-0.15, -0.1) is 0 Å². The van der Waals surface area contributed by atoms with Crippen LogP contribution in [0.4, 0.5) is 0 Å². The molecule has 0 spiro atoms. The van der Waals surface area contributed by atoms with E-state index in [-0.39, 0.29) is 19.8 Å². The van der Waals surface area contributed by atoms with Crippen LogP contribution in [0.2, 0.25) is 0 Å². The van der Waals surface area contributed by atoms with E-state index >= 15 is 0 Å². The van der Waals surface area contributed by atoms with Crippen LogP contribution in [-0.4, -0.2) is 42.8 Å². The summed E-state index contributed by atoms with van der Waals surface area (Å²) in [5.74, 6) is -0.639. The van der Waals surface area contributed by atoms with E-state index in [1.54, 1.807) is 18.2 Å². The van der Waals surface area contributed by atoms with Crippen molar-refractivity contribution in [2.45, 2.75) is 13.0 Å². The van der Waals surface area contributed by atoms with Gasteiger partial charge in [-0.05, 0) is 18.2 Å². The zero-order valence-corrected chi connectivity index (χ0v) is 13.0. The molecule has 8 heteroatoms. The van der Waals surface area contributed by atoms with Crippen LogP contribution in [0.1, 0.15) is 6.92 Å². The summed E-state index contributed by atoms with van der Waals surface area (Å²) in [4.78, 5) is 33.7. The molecular formula is C16H17NO7. The van der Waals surface area contributed by atoms with Gasteiger partial charge in [-0.3, -0.25) is 9.59 Å². The van der Waals surface area contributed by atoms with Crippen molar-refractivity contribution < 1.29 is 28.6 Å². The molecule has 1 aromatic heterocycles. The van der Waals surface area contributed by atoms with Crippen LogP contribution < -0.4 is 15.7 Å². The lowest BCUT2D eigenvalue weighted by atomic mass is 10.2. The molecule has 1 atom stereocenters. The number of ether oxygens (including phenoxy) is 2. The number of fused-ring (bicyclic) bond motifs is 1. The fourth-order valence-corrected chi connectivity index (χ4v) is 1.91. The topological polar surface area (TPSA) is 115 Å². The van der Waals surface area contributed by atoms with Crippen molar-refractivity contribution in [1.82, 2.24) is 5.32 Å². The third kappa shape index (κ3) is 5.10. The van der Waals surface area contributed by atoms with E-state index in [0.717, 1.165) is 5.39 Å². The zero-order chi connectivity index (χ0) is 17.5. The second-order valence-electron chi connectivity index (χ2n) is 4.99. The summed E-state index contributed by atoms with van der Waals surface area (Å²) in [5, 5.41) is 12.3. The standard InChI is InChI=1S/C16H17NO7/c1-10(19)22-8-12(7-18)17-15(20)9-23-13-4-2-11-3-5-16(21)24-14(11)6-13/h2-6,12,18H,7-9H2,1H3,(H,17,20). The molecule has 2 rings (SSSR count). The van der Waals surface area contributed by atoms with Crippen molar-refractivity contribution in [3.05, 3.63) is 40.8 Å².